The zero-order valence-electron chi connectivity index (χ0n) is 30.5. The summed E-state index contributed by atoms with van der Waals surface area (Å²) in [7, 11) is 0. The first-order valence-corrected chi connectivity index (χ1v) is 18.8. The highest BCUT2D eigenvalue weighted by Gasteiger charge is 2.77. The van der Waals surface area contributed by atoms with Crippen LogP contribution in [0.5, 0.6) is 11.8 Å². The van der Waals surface area contributed by atoms with Gasteiger partial charge in [0.15, 0.2) is 5.82 Å². The second kappa shape index (κ2) is 11.9. The number of aromatic hydroxyl groups is 1. The number of phenols is 1. The van der Waals surface area contributed by atoms with Gasteiger partial charge in [-0.05, 0) is 75.2 Å². The standard InChI is InChI=1S/C41H34F7N5O4/c1-3-25-28(42)8-5-21-12-24(54)13-26(29(21)25)30-32(43)33-31(27-11-20(2)57-34(27)30)35(51-14-22-6-7-23(15-51)53(22)36(55)41(46,47)48)50-37(49-33)56-19-39-9-4-10-52(39)18-38(16-39)17-40(38,44)45/h1,5,8,11-13,22-23,54H,4,6-7,9-10,14-19H2,2H3/t22?,23?,38-,39-/m1/s1. The Morgan fingerprint density at radius 2 is 1.82 bits per heavy atom. The van der Waals surface area contributed by atoms with E-state index in [-0.39, 0.29) is 95.2 Å². The predicted octanol–water partition coefficient (Wildman–Crippen LogP) is 7.85. The number of fused-ring (bicyclic) bond motifs is 7. The molecule has 5 aromatic rings. The largest absolute Gasteiger partial charge is 0.508 e. The lowest BCUT2D eigenvalue weighted by atomic mass is 9.89. The molecule has 1 amide bonds. The number of hydrogen-bond donors (Lipinski definition) is 1. The molecule has 1 N–H and O–H groups in total. The number of alkyl halides is 5. The average molecular weight is 794 g/mol. The molecule has 2 aromatic heterocycles. The Morgan fingerprint density at radius 1 is 1.09 bits per heavy atom. The Kier molecular flexibility index (Phi) is 7.51. The van der Waals surface area contributed by atoms with E-state index in [1.54, 1.807) is 17.9 Å². The summed E-state index contributed by atoms with van der Waals surface area (Å²) in [6.45, 7) is 2.27. The second-order valence-corrected chi connectivity index (χ2v) is 16.4. The molecular formula is C41H34F7N5O4. The molecule has 4 saturated heterocycles. The van der Waals surface area contributed by atoms with Gasteiger partial charge in [-0.25, -0.2) is 17.6 Å². The van der Waals surface area contributed by atoms with E-state index in [0.717, 1.165) is 17.4 Å². The van der Waals surface area contributed by atoms with Gasteiger partial charge in [0.2, 0.25) is 0 Å². The number of piperazine rings is 1. The molecule has 4 atom stereocenters. The van der Waals surface area contributed by atoms with E-state index in [9.17, 15) is 31.9 Å². The lowest BCUT2D eigenvalue weighted by Crippen LogP contribution is -2.59. The first kappa shape index (κ1) is 36.1. The van der Waals surface area contributed by atoms with E-state index in [4.69, 9.17) is 20.6 Å². The third kappa shape index (κ3) is 5.23. The van der Waals surface area contributed by atoms with Crippen molar-refractivity contribution in [2.75, 3.05) is 37.7 Å². The monoisotopic (exact) mass is 793 g/mol. The van der Waals surface area contributed by atoms with Gasteiger partial charge in [-0.15, -0.1) is 6.42 Å². The van der Waals surface area contributed by atoms with Gasteiger partial charge in [-0.3, -0.25) is 9.69 Å². The van der Waals surface area contributed by atoms with E-state index >= 15 is 8.78 Å². The van der Waals surface area contributed by atoms with Gasteiger partial charge in [0.05, 0.1) is 39.6 Å². The van der Waals surface area contributed by atoms with E-state index in [1.807, 2.05) is 4.90 Å². The highest BCUT2D eigenvalue weighted by atomic mass is 19.4. The van der Waals surface area contributed by atoms with Crippen molar-refractivity contribution in [1.29, 1.82) is 0 Å². The average Bonchev–Trinajstić information content (AvgIpc) is 3.62. The maximum Gasteiger partial charge on any atom is 0.471 e. The molecule has 2 bridgehead atoms. The van der Waals surface area contributed by atoms with Gasteiger partial charge < -0.3 is 24.1 Å². The maximum absolute atomic E-state index is 17.7. The van der Waals surface area contributed by atoms with Gasteiger partial charge in [-0.2, -0.15) is 23.1 Å². The van der Waals surface area contributed by atoms with Crippen molar-refractivity contribution in [2.45, 2.75) is 75.2 Å². The van der Waals surface area contributed by atoms with Crippen LogP contribution in [0.25, 0.3) is 43.8 Å². The van der Waals surface area contributed by atoms with Crippen LogP contribution in [0.1, 0.15) is 49.8 Å². The first-order valence-electron chi connectivity index (χ1n) is 18.8. The lowest BCUT2D eigenvalue weighted by Gasteiger charge is -2.42. The molecule has 2 unspecified atom stereocenters. The molecule has 1 aliphatic carbocycles. The van der Waals surface area contributed by atoms with Crippen molar-refractivity contribution in [1.82, 2.24) is 19.8 Å². The minimum atomic E-state index is -5.07. The second-order valence-electron chi connectivity index (χ2n) is 16.4. The zero-order valence-corrected chi connectivity index (χ0v) is 30.5. The molecule has 16 heteroatoms. The van der Waals surface area contributed by atoms with Crippen LogP contribution in [-0.2, 0) is 4.79 Å². The van der Waals surface area contributed by atoms with Gasteiger partial charge in [0.25, 0.3) is 5.92 Å². The molecule has 0 radical (unpaired) electrons. The number of anilines is 1. The molecule has 1 saturated carbocycles. The van der Waals surface area contributed by atoms with Gasteiger partial charge in [0, 0.05) is 42.4 Å². The molecule has 1 spiro atoms. The smallest absolute Gasteiger partial charge is 0.471 e. The molecule has 9 nitrogen and oxygen atoms in total. The van der Waals surface area contributed by atoms with Crippen LogP contribution < -0.4 is 9.64 Å². The number of amides is 1. The lowest BCUT2D eigenvalue weighted by molar-refractivity contribution is -0.188. The zero-order chi connectivity index (χ0) is 40.0. The Balaban J connectivity index is 1.16. The number of nitrogens with zero attached hydrogens (tertiary/aromatic N) is 5. The minimum absolute atomic E-state index is 0.00823. The van der Waals surface area contributed by atoms with Crippen molar-refractivity contribution in [3.05, 3.63) is 53.3 Å². The Labute approximate surface area is 320 Å². The molecule has 5 aliphatic rings. The van der Waals surface area contributed by atoms with Crippen LogP contribution >= 0.6 is 0 Å². The number of phenolic OH excluding ortho intramolecular Hbond substituents is 1. The van der Waals surface area contributed by atoms with E-state index in [0.29, 0.717) is 42.3 Å². The number of benzene rings is 3. The number of aromatic nitrogens is 2. The molecular weight excluding hydrogens is 759 g/mol. The first-order chi connectivity index (χ1) is 27.0. The summed E-state index contributed by atoms with van der Waals surface area (Å²) >= 11 is 0. The fraction of sp³-hybridized carbons (Fsp3) is 0.439. The Bertz CT molecular complexity index is 2610. The van der Waals surface area contributed by atoms with Crippen LogP contribution in [0.4, 0.5) is 36.6 Å². The van der Waals surface area contributed by atoms with Crippen LogP contribution in [0.15, 0.2) is 34.7 Å². The number of furan rings is 1. The van der Waals surface area contributed by atoms with Crippen LogP contribution in [0.3, 0.4) is 0 Å². The van der Waals surface area contributed by atoms with Crippen molar-refractivity contribution >= 4 is 44.4 Å². The molecule has 3 aromatic carbocycles. The Hall–Kier alpha value is -5.30. The van der Waals surface area contributed by atoms with Crippen molar-refractivity contribution in [3.63, 3.8) is 0 Å². The maximum atomic E-state index is 17.7. The number of halogens is 7. The molecule has 6 heterocycles. The summed E-state index contributed by atoms with van der Waals surface area (Å²) in [4.78, 5) is 26.5. The third-order valence-electron chi connectivity index (χ3n) is 13.0. The van der Waals surface area contributed by atoms with Crippen LogP contribution in [0, 0.1) is 36.3 Å². The highest BCUT2D eigenvalue weighted by Crippen LogP contribution is 2.69. The fourth-order valence-electron chi connectivity index (χ4n) is 10.4. The van der Waals surface area contributed by atoms with Gasteiger partial charge in [-0.1, -0.05) is 12.0 Å². The SMILES string of the molecule is C#Cc1c(F)ccc2cc(O)cc(-c3c(F)c4nc(OC[C@]56CCCN5C[C@]5(CC5(F)F)C6)nc(N5CC6CCC(C5)N6C(=O)C(F)(F)F)c4c4cc(C)oc34)c12. The van der Waals surface area contributed by atoms with Gasteiger partial charge in [0.1, 0.15) is 40.9 Å². The normalized spacial score (nSPS) is 26.6. The van der Waals surface area contributed by atoms with Crippen LogP contribution in [0.2, 0.25) is 0 Å². The molecule has 5 fully saturated rings. The number of carbonyl (C=O) groups excluding carboxylic acids is 1. The predicted molar refractivity (Wildman–Crippen MR) is 194 cm³/mol. The number of hydrogen-bond acceptors (Lipinski definition) is 8. The van der Waals surface area contributed by atoms with Crippen molar-refractivity contribution in [2.24, 2.45) is 5.41 Å². The summed E-state index contributed by atoms with van der Waals surface area (Å²) in [5.74, 6) is -3.89. The summed E-state index contributed by atoms with van der Waals surface area (Å²) < 4.78 is 116. The number of carbonyl (C=O) groups is 1. The number of ether oxygens (including phenoxy) is 1. The highest BCUT2D eigenvalue weighted by molar-refractivity contribution is 6.18. The Morgan fingerprint density at radius 3 is 2.51 bits per heavy atom. The topological polar surface area (TPSA) is 95.2 Å². The van der Waals surface area contributed by atoms with E-state index < -0.39 is 52.7 Å². The molecule has 57 heavy (non-hydrogen) atoms. The quantitative estimate of drug-likeness (QED) is 0.142. The van der Waals surface area contributed by atoms with Crippen molar-refractivity contribution < 1.29 is 49.8 Å². The molecule has 10 rings (SSSR count). The van der Waals surface area contributed by atoms with Gasteiger partial charge >= 0.3 is 18.1 Å². The van der Waals surface area contributed by atoms with Crippen molar-refractivity contribution in [3.8, 4) is 35.2 Å². The summed E-state index contributed by atoms with van der Waals surface area (Å²) in [6.07, 6.45) is 2.66. The summed E-state index contributed by atoms with van der Waals surface area (Å²) in [6, 6.07) is 4.84. The number of aryl methyl sites for hydroxylation is 1. The minimum Gasteiger partial charge on any atom is -0.508 e. The summed E-state index contributed by atoms with van der Waals surface area (Å²) in [5, 5.41) is 11.7. The van der Waals surface area contributed by atoms with E-state index in [1.165, 1.54) is 18.2 Å². The number of terminal acetylenes is 1. The van der Waals surface area contributed by atoms with Crippen LogP contribution in [-0.4, -0.2) is 93.3 Å². The number of rotatable bonds is 5. The summed E-state index contributed by atoms with van der Waals surface area (Å²) in [5.41, 5.74) is -2.50. The fourth-order valence-corrected chi connectivity index (χ4v) is 10.4. The molecule has 4 aliphatic heterocycles. The molecule has 296 valence electrons. The van der Waals surface area contributed by atoms with E-state index in [2.05, 4.69) is 10.9 Å². The third-order valence-corrected chi connectivity index (χ3v) is 13.0.